The number of likely N-dealkylation sites (N-methyl/N-ethyl adjacent to an activating group) is 1. The molecule has 1 aliphatic carbocycles. The highest BCUT2D eigenvalue weighted by atomic mass is 19.1. The Kier molecular flexibility index (Phi) is 6.43. The molecule has 10 heteroatoms. The molecule has 2 aromatic heterocycles. The fraction of sp³-hybridized carbons (Fsp3) is 0.400. The average Bonchev–Trinajstić information content (AvgIpc) is 2.81. The van der Waals surface area contributed by atoms with Gasteiger partial charge in [-0.3, -0.25) is 10.3 Å². The Morgan fingerprint density at radius 2 is 1.86 bits per heavy atom. The van der Waals surface area contributed by atoms with Crippen LogP contribution >= 0.6 is 0 Å². The van der Waals surface area contributed by atoms with Crippen LogP contribution in [-0.4, -0.2) is 63.9 Å². The Morgan fingerprint density at radius 1 is 1.11 bits per heavy atom. The number of hydrogen-bond acceptors (Lipinski definition) is 7. The van der Waals surface area contributed by atoms with Crippen LogP contribution in [0.15, 0.2) is 48.9 Å². The molecule has 2 fully saturated rings. The smallest absolute Gasteiger partial charge is 0.222 e. The number of aromatic nitrogens is 3. The van der Waals surface area contributed by atoms with E-state index in [0.29, 0.717) is 11.1 Å². The van der Waals surface area contributed by atoms with Crippen molar-refractivity contribution in [3.05, 3.63) is 71.8 Å². The maximum absolute atomic E-state index is 14.6. The van der Waals surface area contributed by atoms with E-state index >= 15 is 0 Å². The molecular formula is C25H27F3N6O. The van der Waals surface area contributed by atoms with Gasteiger partial charge in [-0.2, -0.15) is 0 Å². The quantitative estimate of drug-likeness (QED) is 0.424. The molecule has 0 radical (unpaired) electrons. The highest BCUT2D eigenvalue weighted by Gasteiger charge is 2.48. The molecule has 1 aromatic carbocycles. The van der Waals surface area contributed by atoms with Gasteiger partial charge in [-0.15, -0.1) is 0 Å². The van der Waals surface area contributed by atoms with Gasteiger partial charge in [0.05, 0.1) is 5.69 Å². The van der Waals surface area contributed by atoms with E-state index in [-0.39, 0.29) is 42.6 Å². The van der Waals surface area contributed by atoms with E-state index < -0.39 is 29.4 Å². The van der Waals surface area contributed by atoms with Crippen LogP contribution in [0.2, 0.25) is 0 Å². The molecule has 0 spiro atoms. The number of halogens is 3. The summed E-state index contributed by atoms with van der Waals surface area (Å²) >= 11 is 0. The van der Waals surface area contributed by atoms with Gasteiger partial charge in [-0.05, 0) is 49.7 Å². The highest BCUT2D eigenvalue weighted by Crippen LogP contribution is 2.45. The molecule has 2 aliphatic rings. The summed E-state index contributed by atoms with van der Waals surface area (Å²) in [5, 5.41) is 16.7. The molecular weight excluding hydrogens is 457 g/mol. The second kappa shape index (κ2) is 9.52. The van der Waals surface area contributed by atoms with Crippen LogP contribution in [0.5, 0.6) is 0 Å². The first kappa shape index (κ1) is 23.7. The zero-order valence-corrected chi connectivity index (χ0v) is 19.3. The van der Waals surface area contributed by atoms with Crippen molar-refractivity contribution in [3.8, 4) is 11.1 Å². The highest BCUT2D eigenvalue weighted by molar-refractivity contribution is 5.64. The minimum Gasteiger partial charge on any atom is -0.374 e. The van der Waals surface area contributed by atoms with E-state index in [4.69, 9.17) is 0 Å². The molecule has 5 rings (SSSR count). The van der Waals surface area contributed by atoms with Gasteiger partial charge in [0.25, 0.3) is 0 Å². The van der Waals surface area contributed by atoms with Gasteiger partial charge >= 0.3 is 0 Å². The molecule has 3 aromatic rings. The number of aliphatic hydroxyl groups excluding tert-OH is 1. The van der Waals surface area contributed by atoms with Crippen molar-refractivity contribution in [2.24, 2.45) is 0 Å². The van der Waals surface area contributed by atoms with E-state index in [1.807, 2.05) is 7.05 Å². The van der Waals surface area contributed by atoms with Crippen LogP contribution in [0.3, 0.4) is 0 Å². The van der Waals surface area contributed by atoms with Gasteiger partial charge < -0.3 is 15.3 Å². The zero-order chi connectivity index (χ0) is 24.6. The number of alkyl halides is 1. The molecule has 0 bridgehead atoms. The van der Waals surface area contributed by atoms with Crippen LogP contribution in [0.1, 0.15) is 30.3 Å². The van der Waals surface area contributed by atoms with Gasteiger partial charge in [-0.1, -0.05) is 6.07 Å². The van der Waals surface area contributed by atoms with Gasteiger partial charge in [0, 0.05) is 60.8 Å². The summed E-state index contributed by atoms with van der Waals surface area (Å²) in [6.45, 7) is 1.90. The Hall–Kier alpha value is -3.08. The Morgan fingerprint density at radius 3 is 2.51 bits per heavy atom. The van der Waals surface area contributed by atoms with Gasteiger partial charge in [0.1, 0.15) is 24.0 Å². The van der Waals surface area contributed by atoms with E-state index in [0.717, 1.165) is 13.1 Å². The standard InChI is InChI=1S/C25H27F3N6O/c1-34-12-18(13-34)33-23(35)15-4-5-20(27)19(7-15)16-10-30-24(31-11-16)32-14-25(8-17(26)9-25)22-21(28)3-2-6-29-22/h2-7,10-11,17-18,23,33,35H,8-9,12-14H2,1H3,(H,30,31,32). The van der Waals surface area contributed by atoms with Crippen LogP contribution in [0.4, 0.5) is 19.1 Å². The fourth-order valence-corrected chi connectivity index (χ4v) is 4.85. The lowest BCUT2D eigenvalue weighted by molar-refractivity contribution is 0.0697. The molecule has 1 unspecified atom stereocenters. The minimum atomic E-state index is -1.01. The summed E-state index contributed by atoms with van der Waals surface area (Å²) in [5.74, 6) is -0.658. The van der Waals surface area contributed by atoms with Crippen LogP contribution in [0.25, 0.3) is 11.1 Å². The molecule has 184 valence electrons. The first-order valence-electron chi connectivity index (χ1n) is 11.6. The molecule has 1 saturated heterocycles. The normalized spacial score (nSPS) is 23.4. The molecule has 1 saturated carbocycles. The molecule has 0 amide bonds. The topological polar surface area (TPSA) is 86.2 Å². The molecule has 3 N–H and O–H groups in total. The van der Waals surface area contributed by atoms with E-state index in [1.54, 1.807) is 12.1 Å². The van der Waals surface area contributed by atoms with E-state index in [2.05, 4.69) is 30.5 Å². The fourth-order valence-electron chi connectivity index (χ4n) is 4.85. The van der Waals surface area contributed by atoms with Crippen molar-refractivity contribution >= 4 is 5.95 Å². The number of nitrogens with zero attached hydrogens (tertiary/aromatic N) is 4. The maximum atomic E-state index is 14.6. The number of pyridine rings is 1. The van der Waals surface area contributed by atoms with Gasteiger partial charge in [0.2, 0.25) is 5.95 Å². The number of aliphatic hydroxyl groups is 1. The largest absolute Gasteiger partial charge is 0.374 e. The maximum Gasteiger partial charge on any atom is 0.222 e. The third kappa shape index (κ3) is 4.86. The van der Waals surface area contributed by atoms with Crippen LogP contribution in [0, 0.1) is 11.6 Å². The minimum absolute atomic E-state index is 0.164. The lowest BCUT2D eigenvalue weighted by Gasteiger charge is -2.43. The van der Waals surface area contributed by atoms with Crippen molar-refractivity contribution in [2.75, 3.05) is 32.0 Å². The summed E-state index contributed by atoms with van der Waals surface area (Å²) in [6.07, 6.45) is 2.86. The van der Waals surface area contributed by atoms with Crippen molar-refractivity contribution in [1.82, 2.24) is 25.2 Å². The predicted octanol–water partition coefficient (Wildman–Crippen LogP) is 3.19. The van der Waals surface area contributed by atoms with Crippen molar-refractivity contribution < 1.29 is 18.3 Å². The first-order valence-corrected chi connectivity index (χ1v) is 11.6. The summed E-state index contributed by atoms with van der Waals surface area (Å²) in [5.41, 5.74) is 0.724. The summed E-state index contributed by atoms with van der Waals surface area (Å²) < 4.78 is 42.7. The molecule has 35 heavy (non-hydrogen) atoms. The number of anilines is 1. The number of rotatable bonds is 8. The zero-order valence-electron chi connectivity index (χ0n) is 19.3. The lowest BCUT2D eigenvalue weighted by Crippen LogP contribution is -2.56. The number of benzene rings is 1. The Labute approximate surface area is 201 Å². The summed E-state index contributed by atoms with van der Waals surface area (Å²) in [7, 11) is 2.00. The van der Waals surface area contributed by atoms with E-state index in [9.17, 15) is 18.3 Å². The van der Waals surface area contributed by atoms with Crippen LogP contribution < -0.4 is 10.6 Å². The molecule has 3 heterocycles. The first-order chi connectivity index (χ1) is 16.8. The molecule has 1 aliphatic heterocycles. The monoisotopic (exact) mass is 484 g/mol. The second-order valence-electron chi connectivity index (χ2n) is 9.50. The second-order valence-corrected chi connectivity index (χ2v) is 9.50. The third-order valence-electron chi connectivity index (χ3n) is 6.80. The van der Waals surface area contributed by atoms with Gasteiger partial charge in [0.15, 0.2) is 0 Å². The Bertz CT molecular complexity index is 1180. The number of likely N-dealkylation sites (tertiary alicyclic amines) is 1. The number of hydrogen-bond donors (Lipinski definition) is 3. The Balaban J connectivity index is 1.28. The lowest BCUT2D eigenvalue weighted by atomic mass is 9.65. The third-order valence-corrected chi connectivity index (χ3v) is 6.80. The molecule has 1 atom stereocenters. The average molecular weight is 485 g/mol. The van der Waals surface area contributed by atoms with Crippen molar-refractivity contribution in [1.29, 1.82) is 0 Å². The number of nitrogens with one attached hydrogen (secondary N) is 2. The van der Waals surface area contributed by atoms with Crippen molar-refractivity contribution in [2.45, 2.75) is 36.7 Å². The van der Waals surface area contributed by atoms with E-state index in [1.165, 1.54) is 36.8 Å². The molecule has 7 nitrogen and oxygen atoms in total. The SMILES string of the molecule is CN1CC(NC(O)c2ccc(F)c(-c3cnc(NCC4(c5ncccc5F)CC(F)C4)nc3)c2)C1. The van der Waals surface area contributed by atoms with Crippen LogP contribution in [-0.2, 0) is 5.41 Å². The van der Waals surface area contributed by atoms with Gasteiger partial charge in [-0.25, -0.2) is 23.1 Å². The van der Waals surface area contributed by atoms with Crippen molar-refractivity contribution in [3.63, 3.8) is 0 Å². The summed E-state index contributed by atoms with van der Waals surface area (Å²) in [6, 6.07) is 7.44. The summed E-state index contributed by atoms with van der Waals surface area (Å²) in [4.78, 5) is 14.8. The predicted molar refractivity (Wildman–Crippen MR) is 125 cm³/mol.